The van der Waals surface area contributed by atoms with Crippen LogP contribution in [0.25, 0.3) is 17.2 Å². The van der Waals surface area contributed by atoms with E-state index in [1.165, 1.54) is 18.2 Å². The highest BCUT2D eigenvalue weighted by atomic mass is 19.4. The standard InChI is InChI=1S/C24H19F3O4/c25-24(26,27)19-11-9-16(10-12-19)5-3-13-31-23-20(7-2-8-21(23)28)18-6-1-4-17(14-18)15-22(29)30/h1-12,14,28H,13,15H2,(H,29,30)/b5-3+. The van der Waals surface area contributed by atoms with Gasteiger partial charge in [-0.25, -0.2) is 0 Å². The molecule has 0 fully saturated rings. The molecule has 4 nitrogen and oxygen atoms in total. The molecule has 0 aromatic heterocycles. The maximum Gasteiger partial charge on any atom is 0.416 e. The fourth-order valence-electron chi connectivity index (χ4n) is 3.03. The molecule has 7 heteroatoms. The van der Waals surface area contributed by atoms with Crippen molar-refractivity contribution in [2.75, 3.05) is 6.61 Å². The molecule has 31 heavy (non-hydrogen) atoms. The number of carbonyl (C=O) groups is 1. The predicted octanol–water partition coefficient (Wildman–Crippen LogP) is 5.80. The van der Waals surface area contributed by atoms with E-state index in [9.17, 15) is 23.1 Å². The van der Waals surface area contributed by atoms with E-state index in [1.54, 1.807) is 48.6 Å². The number of aliphatic carboxylic acids is 1. The Labute approximate surface area is 176 Å². The summed E-state index contributed by atoms with van der Waals surface area (Å²) in [5, 5.41) is 19.2. The van der Waals surface area contributed by atoms with Crippen molar-refractivity contribution in [3.8, 4) is 22.6 Å². The summed E-state index contributed by atoms with van der Waals surface area (Å²) in [5.74, 6) is -0.797. The maximum atomic E-state index is 12.6. The Morgan fingerprint density at radius 2 is 1.71 bits per heavy atom. The number of hydrogen-bond donors (Lipinski definition) is 2. The minimum absolute atomic E-state index is 0.0699. The first kappa shape index (κ1) is 22.0. The largest absolute Gasteiger partial charge is 0.504 e. The fourth-order valence-corrected chi connectivity index (χ4v) is 3.03. The first-order chi connectivity index (χ1) is 14.7. The van der Waals surface area contributed by atoms with Gasteiger partial charge in [-0.3, -0.25) is 4.79 Å². The van der Waals surface area contributed by atoms with Gasteiger partial charge in [0.05, 0.1) is 12.0 Å². The van der Waals surface area contributed by atoms with Gasteiger partial charge in [0.2, 0.25) is 0 Å². The molecule has 0 radical (unpaired) electrons. The molecule has 2 N–H and O–H groups in total. The third-order valence-electron chi connectivity index (χ3n) is 4.46. The number of ether oxygens (including phenoxy) is 1. The molecule has 0 aliphatic heterocycles. The molecule has 160 valence electrons. The van der Waals surface area contributed by atoms with E-state index in [2.05, 4.69) is 0 Å². The van der Waals surface area contributed by atoms with Gasteiger partial charge in [-0.15, -0.1) is 0 Å². The number of hydrogen-bond acceptors (Lipinski definition) is 3. The second kappa shape index (κ2) is 9.38. The van der Waals surface area contributed by atoms with Crippen molar-refractivity contribution >= 4 is 12.0 Å². The molecule has 0 spiro atoms. The van der Waals surface area contributed by atoms with Gasteiger partial charge in [0, 0.05) is 5.56 Å². The van der Waals surface area contributed by atoms with Crippen LogP contribution in [0.3, 0.4) is 0 Å². The summed E-state index contributed by atoms with van der Waals surface area (Å²) in [4.78, 5) is 11.0. The first-order valence-electron chi connectivity index (χ1n) is 9.34. The number of para-hydroxylation sites is 1. The fraction of sp³-hybridized carbons (Fsp3) is 0.125. The van der Waals surface area contributed by atoms with Crippen molar-refractivity contribution in [2.45, 2.75) is 12.6 Å². The first-order valence-corrected chi connectivity index (χ1v) is 9.34. The van der Waals surface area contributed by atoms with Gasteiger partial charge < -0.3 is 14.9 Å². The molecule has 0 aliphatic carbocycles. The molecule has 0 bridgehead atoms. The number of phenolic OH excluding ortho intramolecular Hbond substituents is 1. The number of rotatable bonds is 7. The summed E-state index contributed by atoms with van der Waals surface area (Å²) in [7, 11) is 0. The quantitative estimate of drug-likeness (QED) is 0.499. The molecule has 0 saturated carbocycles. The van der Waals surface area contributed by atoms with E-state index in [4.69, 9.17) is 9.84 Å². The number of phenols is 1. The maximum absolute atomic E-state index is 12.6. The van der Waals surface area contributed by atoms with Crippen LogP contribution in [-0.4, -0.2) is 22.8 Å². The lowest BCUT2D eigenvalue weighted by Crippen LogP contribution is -2.04. The summed E-state index contributed by atoms with van der Waals surface area (Å²) in [6.07, 6.45) is -1.26. The van der Waals surface area contributed by atoms with Crippen LogP contribution in [0.4, 0.5) is 13.2 Å². The number of carboxylic acid groups (broad SMARTS) is 1. The molecule has 0 atom stereocenters. The summed E-state index contributed by atoms with van der Waals surface area (Å²) in [5.41, 5.74) is 1.76. The highest BCUT2D eigenvalue weighted by Gasteiger charge is 2.29. The molecule has 3 aromatic carbocycles. The lowest BCUT2D eigenvalue weighted by molar-refractivity contribution is -0.138. The topological polar surface area (TPSA) is 66.8 Å². The number of aromatic hydroxyl groups is 1. The molecule has 3 aromatic rings. The lowest BCUT2D eigenvalue weighted by Gasteiger charge is -2.13. The van der Waals surface area contributed by atoms with Crippen LogP contribution in [-0.2, 0) is 17.4 Å². The van der Waals surface area contributed by atoms with Crippen LogP contribution >= 0.6 is 0 Å². The lowest BCUT2D eigenvalue weighted by atomic mass is 10.0. The summed E-state index contributed by atoms with van der Waals surface area (Å²) in [6.45, 7) is 0.0699. The Morgan fingerprint density at radius 3 is 2.39 bits per heavy atom. The average molecular weight is 428 g/mol. The Balaban J connectivity index is 1.74. The molecule has 0 aliphatic rings. The van der Waals surface area contributed by atoms with Crippen LogP contribution < -0.4 is 4.74 Å². The van der Waals surface area contributed by atoms with E-state index in [0.717, 1.165) is 12.1 Å². The van der Waals surface area contributed by atoms with Crippen molar-refractivity contribution in [1.29, 1.82) is 0 Å². The number of halogens is 3. The van der Waals surface area contributed by atoms with Crippen LogP contribution in [0.2, 0.25) is 0 Å². The predicted molar refractivity (Wildman–Crippen MR) is 111 cm³/mol. The molecular formula is C24H19F3O4. The Bertz CT molecular complexity index is 1090. The summed E-state index contributed by atoms with van der Waals surface area (Å²) < 4.78 is 43.6. The van der Waals surface area contributed by atoms with Gasteiger partial charge >= 0.3 is 12.1 Å². The van der Waals surface area contributed by atoms with Crippen molar-refractivity contribution in [1.82, 2.24) is 0 Å². The van der Waals surface area contributed by atoms with Gasteiger partial charge in [0.1, 0.15) is 6.61 Å². The van der Waals surface area contributed by atoms with Gasteiger partial charge in [-0.2, -0.15) is 13.2 Å². The van der Waals surface area contributed by atoms with Crippen LogP contribution in [0.15, 0.2) is 72.8 Å². The normalized spacial score (nSPS) is 11.6. The third kappa shape index (κ3) is 5.88. The second-order valence-corrected chi connectivity index (χ2v) is 6.76. The van der Waals surface area contributed by atoms with Gasteiger partial charge in [0.15, 0.2) is 11.5 Å². The van der Waals surface area contributed by atoms with Crippen molar-refractivity contribution in [3.63, 3.8) is 0 Å². The monoisotopic (exact) mass is 428 g/mol. The van der Waals surface area contributed by atoms with E-state index in [0.29, 0.717) is 22.3 Å². The van der Waals surface area contributed by atoms with E-state index >= 15 is 0 Å². The molecule has 0 heterocycles. The number of alkyl halides is 3. The number of benzene rings is 3. The van der Waals surface area contributed by atoms with Gasteiger partial charge in [0.25, 0.3) is 0 Å². The molecule has 0 amide bonds. The van der Waals surface area contributed by atoms with Crippen molar-refractivity contribution in [3.05, 3.63) is 89.5 Å². The van der Waals surface area contributed by atoms with Crippen LogP contribution in [0.5, 0.6) is 11.5 Å². The van der Waals surface area contributed by atoms with Crippen molar-refractivity contribution < 1.29 is 32.9 Å². The SMILES string of the molecule is O=C(O)Cc1cccc(-c2cccc(O)c2OC/C=C/c2ccc(C(F)(F)F)cc2)c1. The highest BCUT2D eigenvalue weighted by Crippen LogP contribution is 2.37. The zero-order chi connectivity index (χ0) is 22.4. The van der Waals surface area contributed by atoms with E-state index < -0.39 is 17.7 Å². The Hall–Kier alpha value is -3.74. The van der Waals surface area contributed by atoms with Gasteiger partial charge in [-0.1, -0.05) is 54.6 Å². The summed E-state index contributed by atoms with van der Waals surface area (Å²) in [6, 6.07) is 16.5. The Kier molecular flexibility index (Phi) is 6.65. The number of carboxylic acids is 1. The minimum atomic E-state index is -4.38. The average Bonchev–Trinajstić information content (AvgIpc) is 2.71. The van der Waals surface area contributed by atoms with Crippen LogP contribution in [0.1, 0.15) is 16.7 Å². The van der Waals surface area contributed by atoms with Gasteiger partial charge in [-0.05, 0) is 41.0 Å². The minimum Gasteiger partial charge on any atom is -0.504 e. The molecular weight excluding hydrogens is 409 g/mol. The zero-order valence-electron chi connectivity index (χ0n) is 16.3. The van der Waals surface area contributed by atoms with E-state index in [1.807, 2.05) is 0 Å². The van der Waals surface area contributed by atoms with E-state index in [-0.39, 0.29) is 24.5 Å². The zero-order valence-corrected chi connectivity index (χ0v) is 16.3. The second-order valence-electron chi connectivity index (χ2n) is 6.76. The smallest absolute Gasteiger partial charge is 0.416 e. The van der Waals surface area contributed by atoms with Crippen LogP contribution in [0, 0.1) is 0 Å². The highest BCUT2D eigenvalue weighted by molar-refractivity contribution is 5.76. The Morgan fingerprint density at radius 1 is 1.00 bits per heavy atom. The van der Waals surface area contributed by atoms with Crippen molar-refractivity contribution in [2.24, 2.45) is 0 Å². The third-order valence-corrected chi connectivity index (χ3v) is 4.46. The summed E-state index contributed by atoms with van der Waals surface area (Å²) >= 11 is 0. The molecule has 3 rings (SSSR count). The molecule has 0 unspecified atom stereocenters. The molecule has 0 saturated heterocycles.